The number of benzene rings is 1. The molecule has 1 aliphatic heterocycles. The Morgan fingerprint density at radius 2 is 1.95 bits per heavy atom. The van der Waals surface area contributed by atoms with Crippen molar-refractivity contribution in [3.05, 3.63) is 34.1 Å². The minimum absolute atomic E-state index is 0. The number of hydrogen-bond acceptors (Lipinski definition) is 5. The summed E-state index contributed by atoms with van der Waals surface area (Å²) < 4.78 is 0. The number of nitrogens with one attached hydrogen (secondary N) is 2. The molecule has 0 amide bonds. The Hall–Kier alpha value is -2.25. The lowest BCUT2D eigenvalue weighted by Gasteiger charge is -2.30. The first-order chi connectivity index (χ1) is 10.1. The number of anilines is 2. The molecule has 0 atom stereocenters. The van der Waals surface area contributed by atoms with Gasteiger partial charge in [-0.3, -0.25) is 4.79 Å². The summed E-state index contributed by atoms with van der Waals surface area (Å²) in [5, 5.41) is 12.7. The molecule has 7 nitrogen and oxygen atoms in total. The van der Waals surface area contributed by atoms with Crippen molar-refractivity contribution in [1.29, 1.82) is 0 Å². The molecule has 1 aromatic heterocycles. The molecule has 1 aromatic carbocycles. The summed E-state index contributed by atoms with van der Waals surface area (Å²) in [6, 6.07) is 4.62. The summed E-state index contributed by atoms with van der Waals surface area (Å²) in [5.41, 5.74) is 6.95. The largest absolute Gasteiger partial charge is 0.477 e. The quantitative estimate of drug-likeness (QED) is 0.603. The standard InChI is InChI=1S/C14H16N4O3.ClH/c15-8-1-2-10(18-5-3-16-4-6-18)12-11(19)7-9(14(20)21)17-13(8)12;/h1-2,7,16H,3-6,15H2,(H,17,19)(H,20,21);1H. The summed E-state index contributed by atoms with van der Waals surface area (Å²) in [5.74, 6) is -1.18. The lowest BCUT2D eigenvalue weighted by atomic mass is 10.1. The van der Waals surface area contributed by atoms with E-state index in [0.717, 1.165) is 37.9 Å². The lowest BCUT2D eigenvalue weighted by Crippen LogP contribution is -2.43. The number of carboxylic acid groups (broad SMARTS) is 1. The number of aromatic amines is 1. The highest BCUT2D eigenvalue weighted by Gasteiger charge is 2.18. The van der Waals surface area contributed by atoms with Gasteiger partial charge in [0, 0.05) is 32.2 Å². The molecular formula is C14H17ClN4O3. The van der Waals surface area contributed by atoms with E-state index >= 15 is 0 Å². The minimum Gasteiger partial charge on any atom is -0.477 e. The third-order valence-electron chi connectivity index (χ3n) is 3.69. The van der Waals surface area contributed by atoms with Crippen LogP contribution >= 0.6 is 12.4 Å². The fourth-order valence-electron chi connectivity index (χ4n) is 2.65. The summed E-state index contributed by atoms with van der Waals surface area (Å²) in [4.78, 5) is 28.3. The van der Waals surface area contributed by atoms with Gasteiger partial charge in [-0.05, 0) is 12.1 Å². The molecule has 0 bridgehead atoms. The molecule has 118 valence electrons. The van der Waals surface area contributed by atoms with Crippen molar-refractivity contribution in [1.82, 2.24) is 10.3 Å². The Labute approximate surface area is 132 Å². The molecule has 1 aliphatic rings. The number of hydrogen-bond donors (Lipinski definition) is 4. The molecule has 0 saturated carbocycles. The Balaban J connectivity index is 0.00000176. The molecule has 3 rings (SSSR count). The molecule has 5 N–H and O–H groups in total. The van der Waals surface area contributed by atoms with Crippen molar-refractivity contribution in [2.24, 2.45) is 0 Å². The minimum atomic E-state index is -1.18. The van der Waals surface area contributed by atoms with Gasteiger partial charge in [-0.1, -0.05) is 0 Å². The zero-order valence-electron chi connectivity index (χ0n) is 11.8. The molecule has 2 aromatic rings. The summed E-state index contributed by atoms with van der Waals surface area (Å²) in [7, 11) is 0. The maximum Gasteiger partial charge on any atom is 0.352 e. The number of aromatic carboxylic acids is 1. The van der Waals surface area contributed by atoms with Crippen LogP contribution in [0.4, 0.5) is 11.4 Å². The monoisotopic (exact) mass is 324 g/mol. The second-order valence-corrected chi connectivity index (χ2v) is 5.01. The van der Waals surface area contributed by atoms with E-state index < -0.39 is 5.97 Å². The number of nitrogens with two attached hydrogens (primary N) is 1. The Morgan fingerprint density at radius 3 is 2.59 bits per heavy atom. The predicted octanol–water partition coefficient (Wildman–Crippen LogP) is 0.640. The Kier molecular flexibility index (Phi) is 4.58. The molecule has 0 radical (unpaired) electrons. The number of H-pyrrole nitrogens is 1. The van der Waals surface area contributed by atoms with Crippen LogP contribution in [0.25, 0.3) is 10.9 Å². The maximum absolute atomic E-state index is 12.3. The van der Waals surface area contributed by atoms with Crippen LogP contribution in [0.5, 0.6) is 0 Å². The predicted molar refractivity (Wildman–Crippen MR) is 88.3 cm³/mol. The van der Waals surface area contributed by atoms with E-state index in [-0.39, 0.29) is 23.5 Å². The second kappa shape index (κ2) is 6.25. The molecule has 2 heterocycles. The highest BCUT2D eigenvalue weighted by Crippen LogP contribution is 2.27. The van der Waals surface area contributed by atoms with E-state index in [1.54, 1.807) is 6.07 Å². The first-order valence-electron chi connectivity index (χ1n) is 6.72. The van der Waals surface area contributed by atoms with E-state index in [0.29, 0.717) is 16.6 Å². The second-order valence-electron chi connectivity index (χ2n) is 5.01. The summed E-state index contributed by atoms with van der Waals surface area (Å²) in [6.07, 6.45) is 0. The third-order valence-corrected chi connectivity index (χ3v) is 3.69. The normalized spacial score (nSPS) is 14.6. The molecular weight excluding hydrogens is 308 g/mol. The number of rotatable bonds is 2. The van der Waals surface area contributed by atoms with Crippen LogP contribution in [-0.4, -0.2) is 42.2 Å². The smallest absolute Gasteiger partial charge is 0.352 e. The SMILES string of the molecule is Cl.Nc1ccc(N2CCNCC2)c2c(=O)cc(C(=O)O)[nH]c12. The highest BCUT2D eigenvalue weighted by atomic mass is 35.5. The van der Waals surface area contributed by atoms with Crippen LogP contribution in [0.15, 0.2) is 23.0 Å². The summed E-state index contributed by atoms with van der Waals surface area (Å²) >= 11 is 0. The average molecular weight is 325 g/mol. The molecule has 22 heavy (non-hydrogen) atoms. The van der Waals surface area contributed by atoms with E-state index in [4.69, 9.17) is 10.8 Å². The zero-order chi connectivity index (χ0) is 15.0. The molecule has 0 unspecified atom stereocenters. The Morgan fingerprint density at radius 1 is 1.27 bits per heavy atom. The number of pyridine rings is 1. The van der Waals surface area contributed by atoms with E-state index in [2.05, 4.69) is 15.2 Å². The van der Waals surface area contributed by atoms with Gasteiger partial charge < -0.3 is 26.0 Å². The lowest BCUT2D eigenvalue weighted by molar-refractivity contribution is 0.0691. The van der Waals surface area contributed by atoms with Crippen LogP contribution in [0, 0.1) is 0 Å². The van der Waals surface area contributed by atoms with Crippen molar-refractivity contribution in [3.8, 4) is 0 Å². The first-order valence-corrected chi connectivity index (χ1v) is 6.72. The van der Waals surface area contributed by atoms with Crippen molar-refractivity contribution >= 4 is 40.7 Å². The molecule has 1 fully saturated rings. The van der Waals surface area contributed by atoms with Gasteiger partial charge in [-0.15, -0.1) is 12.4 Å². The number of nitrogen functional groups attached to an aromatic ring is 1. The maximum atomic E-state index is 12.3. The average Bonchev–Trinajstić information content (AvgIpc) is 2.49. The highest BCUT2D eigenvalue weighted by molar-refractivity contribution is 6.01. The number of piperazine rings is 1. The van der Waals surface area contributed by atoms with Gasteiger partial charge in [0.25, 0.3) is 0 Å². The van der Waals surface area contributed by atoms with Gasteiger partial charge >= 0.3 is 5.97 Å². The van der Waals surface area contributed by atoms with Crippen LogP contribution < -0.4 is 21.4 Å². The van der Waals surface area contributed by atoms with E-state index in [9.17, 15) is 9.59 Å². The summed E-state index contributed by atoms with van der Waals surface area (Å²) in [6.45, 7) is 3.27. The molecule has 8 heteroatoms. The van der Waals surface area contributed by atoms with Crippen molar-refractivity contribution < 1.29 is 9.90 Å². The van der Waals surface area contributed by atoms with Crippen molar-refractivity contribution in [2.45, 2.75) is 0 Å². The number of aromatic nitrogens is 1. The zero-order valence-corrected chi connectivity index (χ0v) is 12.6. The number of halogens is 1. The van der Waals surface area contributed by atoms with Gasteiger partial charge in [0.15, 0.2) is 5.43 Å². The van der Waals surface area contributed by atoms with Crippen LogP contribution in [0.1, 0.15) is 10.5 Å². The first kappa shape index (κ1) is 16.1. The number of nitrogens with zero attached hydrogens (tertiary/aromatic N) is 1. The van der Waals surface area contributed by atoms with Crippen molar-refractivity contribution in [3.63, 3.8) is 0 Å². The van der Waals surface area contributed by atoms with Gasteiger partial charge in [-0.2, -0.15) is 0 Å². The fourth-order valence-corrected chi connectivity index (χ4v) is 2.65. The number of carboxylic acids is 1. The Bertz CT molecular complexity index is 769. The van der Waals surface area contributed by atoms with E-state index in [1.165, 1.54) is 0 Å². The third kappa shape index (κ3) is 2.72. The van der Waals surface area contributed by atoms with Gasteiger partial charge in [0.1, 0.15) is 5.69 Å². The topological polar surface area (TPSA) is 111 Å². The van der Waals surface area contributed by atoms with Crippen LogP contribution in [0.3, 0.4) is 0 Å². The fraction of sp³-hybridized carbons (Fsp3) is 0.286. The molecule has 1 saturated heterocycles. The van der Waals surface area contributed by atoms with Gasteiger partial charge in [0.2, 0.25) is 0 Å². The van der Waals surface area contributed by atoms with Crippen molar-refractivity contribution in [2.75, 3.05) is 36.8 Å². The van der Waals surface area contributed by atoms with E-state index in [1.807, 2.05) is 6.07 Å². The van der Waals surface area contributed by atoms with Crippen LogP contribution in [-0.2, 0) is 0 Å². The van der Waals surface area contributed by atoms with Gasteiger partial charge in [0.05, 0.1) is 22.3 Å². The number of fused-ring (bicyclic) bond motifs is 1. The molecule has 0 spiro atoms. The molecule has 0 aliphatic carbocycles. The van der Waals surface area contributed by atoms with Gasteiger partial charge in [-0.25, -0.2) is 4.79 Å². The van der Waals surface area contributed by atoms with Crippen LogP contribution in [0.2, 0.25) is 0 Å². The number of carbonyl (C=O) groups is 1.